The zero-order chi connectivity index (χ0) is 14.3. The Morgan fingerprint density at radius 1 is 0.950 bits per heavy atom. The quantitative estimate of drug-likeness (QED) is 0.431. The van der Waals surface area contributed by atoms with Crippen LogP contribution in [0.15, 0.2) is 12.2 Å². The molecule has 0 aliphatic carbocycles. The maximum atomic E-state index is 8.66. The summed E-state index contributed by atoms with van der Waals surface area (Å²) in [4.78, 5) is 0. The summed E-state index contributed by atoms with van der Waals surface area (Å²) in [7, 11) is 0. The highest BCUT2D eigenvalue weighted by Gasteiger charge is 2.12. The topological polar surface area (TPSA) is 38.7 Å². The van der Waals surface area contributed by atoms with Gasteiger partial charge in [-0.2, -0.15) is 0 Å². The molecule has 1 unspecified atom stereocenters. The van der Waals surface area contributed by atoms with Crippen LogP contribution in [0.2, 0.25) is 0 Å². The molecule has 1 atom stereocenters. The predicted molar refractivity (Wildman–Crippen MR) is 82.7 cm³/mol. The van der Waals surface area contributed by atoms with Gasteiger partial charge in [0, 0.05) is 19.8 Å². The van der Waals surface area contributed by atoms with Crippen molar-refractivity contribution in [2.75, 3.05) is 19.8 Å². The second-order valence-electron chi connectivity index (χ2n) is 5.56. The number of allylic oxidation sites excluding steroid dienone is 2. The van der Waals surface area contributed by atoms with E-state index in [2.05, 4.69) is 12.2 Å². The number of ether oxygens (including phenoxy) is 2. The summed E-state index contributed by atoms with van der Waals surface area (Å²) in [6.07, 6.45) is 17.4. The van der Waals surface area contributed by atoms with E-state index in [1.807, 2.05) is 0 Å². The zero-order valence-electron chi connectivity index (χ0n) is 12.9. The summed E-state index contributed by atoms with van der Waals surface area (Å²) in [5.41, 5.74) is 0. The van der Waals surface area contributed by atoms with E-state index in [1.54, 1.807) is 0 Å². The molecule has 3 heteroatoms. The standard InChI is InChI=1S/C17H32O3/c18-14-10-7-5-3-1-2-4-6-8-11-15-19-17-13-9-12-16-20-17/h1-2,17-18H,3-16H2/b2-1-. The van der Waals surface area contributed by atoms with E-state index in [1.165, 1.54) is 38.5 Å². The Hall–Kier alpha value is -0.380. The largest absolute Gasteiger partial charge is 0.396 e. The molecule has 0 bridgehead atoms. The van der Waals surface area contributed by atoms with E-state index in [-0.39, 0.29) is 6.29 Å². The predicted octanol–water partition coefficient (Wildman–Crippen LogP) is 4.20. The molecule has 1 aliphatic heterocycles. The molecule has 1 heterocycles. The number of aliphatic hydroxyl groups is 1. The van der Waals surface area contributed by atoms with Crippen LogP contribution in [0.1, 0.15) is 70.6 Å². The monoisotopic (exact) mass is 284 g/mol. The van der Waals surface area contributed by atoms with E-state index in [0.717, 1.165) is 45.3 Å². The lowest BCUT2D eigenvalue weighted by molar-refractivity contribution is -0.162. The van der Waals surface area contributed by atoms with Crippen LogP contribution < -0.4 is 0 Å². The third-order valence-electron chi connectivity index (χ3n) is 3.65. The first-order valence-corrected chi connectivity index (χ1v) is 8.42. The van der Waals surface area contributed by atoms with Crippen LogP contribution in [0.4, 0.5) is 0 Å². The van der Waals surface area contributed by atoms with E-state index >= 15 is 0 Å². The molecule has 1 N–H and O–H groups in total. The number of rotatable bonds is 12. The molecule has 0 radical (unpaired) electrons. The molecule has 1 aliphatic rings. The lowest BCUT2D eigenvalue weighted by Gasteiger charge is -2.22. The van der Waals surface area contributed by atoms with E-state index in [9.17, 15) is 0 Å². The number of hydrogen-bond donors (Lipinski definition) is 1. The summed E-state index contributed by atoms with van der Waals surface area (Å²) in [5.74, 6) is 0. The van der Waals surface area contributed by atoms with Crippen molar-refractivity contribution in [3.05, 3.63) is 12.2 Å². The highest BCUT2D eigenvalue weighted by molar-refractivity contribution is 4.81. The van der Waals surface area contributed by atoms with Crippen molar-refractivity contribution in [2.45, 2.75) is 76.9 Å². The number of unbranched alkanes of at least 4 members (excludes halogenated alkanes) is 6. The first-order valence-electron chi connectivity index (χ1n) is 8.42. The number of aliphatic hydroxyl groups excluding tert-OH is 1. The van der Waals surface area contributed by atoms with Crippen LogP contribution in [0, 0.1) is 0 Å². The third-order valence-corrected chi connectivity index (χ3v) is 3.65. The smallest absolute Gasteiger partial charge is 0.157 e. The summed E-state index contributed by atoms with van der Waals surface area (Å²) >= 11 is 0. The van der Waals surface area contributed by atoms with Crippen LogP contribution in [0.3, 0.4) is 0 Å². The minimum Gasteiger partial charge on any atom is -0.396 e. The zero-order valence-corrected chi connectivity index (χ0v) is 12.9. The average Bonchev–Trinajstić information content (AvgIpc) is 2.49. The first kappa shape index (κ1) is 17.7. The fraction of sp³-hybridized carbons (Fsp3) is 0.882. The first-order chi connectivity index (χ1) is 9.93. The van der Waals surface area contributed by atoms with Gasteiger partial charge in [-0.1, -0.05) is 25.0 Å². The van der Waals surface area contributed by atoms with Gasteiger partial charge in [0.05, 0.1) is 0 Å². The van der Waals surface area contributed by atoms with Gasteiger partial charge in [0.25, 0.3) is 0 Å². The van der Waals surface area contributed by atoms with Crippen molar-refractivity contribution in [2.24, 2.45) is 0 Å². The van der Waals surface area contributed by atoms with Gasteiger partial charge in [0.2, 0.25) is 0 Å². The highest BCUT2D eigenvalue weighted by atomic mass is 16.7. The van der Waals surface area contributed by atoms with Gasteiger partial charge in [0.15, 0.2) is 6.29 Å². The molecular formula is C17H32O3. The minimum atomic E-state index is 0.0718. The molecule has 1 fully saturated rings. The van der Waals surface area contributed by atoms with Crippen molar-refractivity contribution in [1.82, 2.24) is 0 Å². The molecule has 0 saturated carbocycles. The van der Waals surface area contributed by atoms with Gasteiger partial charge in [-0.3, -0.25) is 0 Å². The fourth-order valence-corrected chi connectivity index (χ4v) is 2.38. The van der Waals surface area contributed by atoms with Gasteiger partial charge in [-0.25, -0.2) is 0 Å². The molecule has 118 valence electrons. The van der Waals surface area contributed by atoms with Gasteiger partial charge in [0.1, 0.15) is 0 Å². The Morgan fingerprint density at radius 3 is 2.35 bits per heavy atom. The summed E-state index contributed by atoms with van der Waals surface area (Å²) in [6, 6.07) is 0. The Morgan fingerprint density at radius 2 is 1.70 bits per heavy atom. The van der Waals surface area contributed by atoms with E-state index in [4.69, 9.17) is 14.6 Å². The molecule has 0 aromatic rings. The Bertz CT molecular complexity index is 222. The summed E-state index contributed by atoms with van der Waals surface area (Å²) < 4.78 is 11.2. The third kappa shape index (κ3) is 10.4. The average molecular weight is 284 g/mol. The maximum Gasteiger partial charge on any atom is 0.157 e. The highest BCUT2D eigenvalue weighted by Crippen LogP contribution is 2.14. The summed E-state index contributed by atoms with van der Waals surface area (Å²) in [6.45, 7) is 2.04. The van der Waals surface area contributed by atoms with E-state index < -0.39 is 0 Å². The normalized spacial score (nSPS) is 19.8. The fourth-order valence-electron chi connectivity index (χ4n) is 2.38. The summed E-state index contributed by atoms with van der Waals surface area (Å²) in [5, 5.41) is 8.66. The number of hydrogen-bond acceptors (Lipinski definition) is 3. The van der Waals surface area contributed by atoms with E-state index in [0.29, 0.717) is 6.61 Å². The van der Waals surface area contributed by atoms with Crippen molar-refractivity contribution in [3.63, 3.8) is 0 Å². The maximum absolute atomic E-state index is 8.66. The van der Waals surface area contributed by atoms with Crippen LogP contribution in [0.5, 0.6) is 0 Å². The second-order valence-corrected chi connectivity index (χ2v) is 5.56. The van der Waals surface area contributed by atoms with Gasteiger partial charge in [-0.15, -0.1) is 0 Å². The van der Waals surface area contributed by atoms with Crippen LogP contribution in [0.25, 0.3) is 0 Å². The Labute approximate surface area is 124 Å². The molecule has 1 saturated heterocycles. The molecule has 1 rings (SSSR count). The van der Waals surface area contributed by atoms with Crippen molar-refractivity contribution >= 4 is 0 Å². The molecule has 3 nitrogen and oxygen atoms in total. The van der Waals surface area contributed by atoms with Gasteiger partial charge in [-0.05, 0) is 57.8 Å². The Balaban J connectivity index is 1.76. The molecule has 20 heavy (non-hydrogen) atoms. The lowest BCUT2D eigenvalue weighted by Crippen LogP contribution is -2.22. The van der Waals surface area contributed by atoms with Crippen LogP contribution >= 0.6 is 0 Å². The lowest BCUT2D eigenvalue weighted by atomic mass is 10.1. The van der Waals surface area contributed by atoms with Crippen molar-refractivity contribution in [3.8, 4) is 0 Å². The molecule has 0 spiro atoms. The van der Waals surface area contributed by atoms with Crippen LogP contribution in [-0.4, -0.2) is 31.2 Å². The van der Waals surface area contributed by atoms with Gasteiger partial charge >= 0.3 is 0 Å². The van der Waals surface area contributed by atoms with Crippen molar-refractivity contribution in [1.29, 1.82) is 0 Å². The Kier molecular flexibility index (Phi) is 12.0. The second kappa shape index (κ2) is 13.6. The van der Waals surface area contributed by atoms with Crippen molar-refractivity contribution < 1.29 is 14.6 Å². The molecule has 0 aromatic carbocycles. The molecule has 0 amide bonds. The molecular weight excluding hydrogens is 252 g/mol. The minimum absolute atomic E-state index is 0.0718. The SMILES string of the molecule is OCCCCC/C=C\CCCCCOC1CCCCO1. The van der Waals surface area contributed by atoms with Crippen LogP contribution in [-0.2, 0) is 9.47 Å². The van der Waals surface area contributed by atoms with Gasteiger partial charge < -0.3 is 14.6 Å². The molecule has 0 aromatic heterocycles.